The van der Waals surface area contributed by atoms with Gasteiger partial charge in [0.05, 0.1) is 26.4 Å². The van der Waals surface area contributed by atoms with Crippen LogP contribution in [0.25, 0.3) is 10.8 Å². The molecular weight excluding hydrogens is 280 g/mol. The smallest absolute Gasteiger partial charge is 0.107 e. The van der Waals surface area contributed by atoms with Gasteiger partial charge in [-0.2, -0.15) is 0 Å². The molecule has 4 unspecified atom stereocenters. The molecule has 22 heavy (non-hydrogen) atoms. The van der Waals surface area contributed by atoms with Gasteiger partial charge in [-0.1, -0.05) is 0 Å². The van der Waals surface area contributed by atoms with Crippen molar-refractivity contribution in [3.8, 4) is 0 Å². The topological polar surface area (TPSA) is 50.1 Å². The van der Waals surface area contributed by atoms with Crippen LogP contribution in [0.5, 0.6) is 0 Å². The molecule has 2 aromatic rings. The van der Waals surface area contributed by atoms with Crippen LogP contribution in [-0.4, -0.2) is 26.4 Å². The lowest BCUT2D eigenvalue weighted by atomic mass is 9.91. The van der Waals surface area contributed by atoms with Crippen LogP contribution in [0.1, 0.15) is 46.7 Å². The minimum atomic E-state index is 0.247. The first-order valence-electron chi connectivity index (χ1n) is 7.94. The second-order valence-corrected chi connectivity index (χ2v) is 6.60. The molecule has 0 bridgehead atoms. The summed E-state index contributed by atoms with van der Waals surface area (Å²) in [6.07, 6.45) is 1.03. The van der Waals surface area contributed by atoms with E-state index in [0.29, 0.717) is 0 Å². The van der Waals surface area contributed by atoms with Crippen LogP contribution in [0.2, 0.25) is 0 Å². The first kappa shape index (κ1) is 12.0. The van der Waals surface area contributed by atoms with Gasteiger partial charge >= 0.3 is 0 Å². The molecule has 4 heteroatoms. The van der Waals surface area contributed by atoms with Crippen molar-refractivity contribution < 1.29 is 18.9 Å². The summed E-state index contributed by atoms with van der Waals surface area (Å²) in [4.78, 5) is 0. The first-order valence-corrected chi connectivity index (χ1v) is 7.94. The van der Waals surface area contributed by atoms with Crippen molar-refractivity contribution in [1.29, 1.82) is 0 Å². The van der Waals surface area contributed by atoms with E-state index in [1.54, 1.807) is 0 Å². The Morgan fingerprint density at radius 3 is 1.73 bits per heavy atom. The molecule has 4 nitrogen and oxygen atoms in total. The Balaban J connectivity index is 1.60. The van der Waals surface area contributed by atoms with Crippen molar-refractivity contribution >= 4 is 10.8 Å². The quantitative estimate of drug-likeness (QED) is 0.813. The third-order valence-corrected chi connectivity index (χ3v) is 4.96. The predicted octanol–water partition coefficient (Wildman–Crippen LogP) is 3.13. The zero-order valence-corrected chi connectivity index (χ0v) is 12.1. The van der Waals surface area contributed by atoms with E-state index in [-0.39, 0.29) is 24.4 Å². The maximum Gasteiger partial charge on any atom is 0.107 e. The zero-order valence-electron chi connectivity index (χ0n) is 12.1. The van der Waals surface area contributed by atoms with Crippen LogP contribution >= 0.6 is 0 Å². The maximum absolute atomic E-state index is 5.57. The number of hydrogen-bond donors (Lipinski definition) is 0. The molecule has 0 N–H and O–H groups in total. The highest BCUT2D eigenvalue weighted by molar-refractivity contribution is 5.89. The van der Waals surface area contributed by atoms with Gasteiger partial charge in [0, 0.05) is 0 Å². The number of hydrogen-bond acceptors (Lipinski definition) is 4. The van der Waals surface area contributed by atoms with Crippen LogP contribution in [0, 0.1) is 0 Å². The zero-order chi connectivity index (χ0) is 14.3. The molecule has 0 aliphatic carbocycles. The average Bonchev–Trinajstić information content (AvgIpc) is 3.40. The Kier molecular flexibility index (Phi) is 2.23. The Hall–Kier alpha value is -1.46. The van der Waals surface area contributed by atoms with Gasteiger partial charge in [-0.15, -0.1) is 0 Å². The molecule has 4 heterocycles. The van der Waals surface area contributed by atoms with E-state index in [2.05, 4.69) is 24.3 Å². The van der Waals surface area contributed by atoms with E-state index >= 15 is 0 Å². The standard InChI is InChI=1S/C18H16O4/c1-9-2-13(17-7-21-17)14(18-8-22-18)4-11(9)12(16-6-20-16)3-10(1)15-5-19-15/h1-4,15-18H,5-8H2. The molecule has 2 aromatic carbocycles. The van der Waals surface area contributed by atoms with Gasteiger partial charge in [0.25, 0.3) is 0 Å². The van der Waals surface area contributed by atoms with E-state index in [0.717, 1.165) is 26.4 Å². The fraction of sp³-hybridized carbons (Fsp3) is 0.444. The van der Waals surface area contributed by atoms with E-state index in [1.165, 1.54) is 33.0 Å². The molecule has 112 valence electrons. The van der Waals surface area contributed by atoms with Crippen LogP contribution in [-0.2, 0) is 18.9 Å². The Labute approximate surface area is 127 Å². The summed E-state index contributed by atoms with van der Waals surface area (Å²) in [7, 11) is 0. The summed E-state index contributed by atoms with van der Waals surface area (Å²) in [5.74, 6) is 0. The summed E-state index contributed by atoms with van der Waals surface area (Å²) in [5.41, 5.74) is 5.17. The molecular formula is C18H16O4. The van der Waals surface area contributed by atoms with E-state index in [4.69, 9.17) is 18.9 Å². The van der Waals surface area contributed by atoms with E-state index in [9.17, 15) is 0 Å². The van der Waals surface area contributed by atoms with Crippen LogP contribution < -0.4 is 0 Å². The van der Waals surface area contributed by atoms with Crippen molar-refractivity contribution in [2.75, 3.05) is 26.4 Å². The monoisotopic (exact) mass is 296 g/mol. The number of fused-ring (bicyclic) bond motifs is 1. The molecule has 4 aliphatic heterocycles. The predicted molar refractivity (Wildman–Crippen MR) is 78.7 cm³/mol. The average molecular weight is 296 g/mol. The number of epoxide rings is 4. The molecule has 4 atom stereocenters. The van der Waals surface area contributed by atoms with Crippen LogP contribution in [0.3, 0.4) is 0 Å². The van der Waals surface area contributed by atoms with Crippen LogP contribution in [0.4, 0.5) is 0 Å². The van der Waals surface area contributed by atoms with Gasteiger partial charge < -0.3 is 18.9 Å². The first-order chi connectivity index (χ1) is 10.9. The molecule has 0 saturated carbocycles. The third-order valence-electron chi connectivity index (χ3n) is 4.96. The summed E-state index contributed by atoms with van der Waals surface area (Å²) < 4.78 is 22.1. The summed E-state index contributed by atoms with van der Waals surface area (Å²) in [5, 5.41) is 2.57. The molecule has 4 aliphatic rings. The molecule has 6 rings (SSSR count). The molecule has 0 radical (unpaired) electrons. The minimum Gasteiger partial charge on any atom is -0.368 e. The number of ether oxygens (including phenoxy) is 4. The van der Waals surface area contributed by atoms with Crippen molar-refractivity contribution in [2.45, 2.75) is 24.4 Å². The Bertz CT molecular complexity index is 783. The highest BCUT2D eigenvalue weighted by Crippen LogP contribution is 2.45. The second-order valence-electron chi connectivity index (χ2n) is 6.60. The normalized spacial score (nSPS) is 34.7. The van der Waals surface area contributed by atoms with Gasteiger partial charge in [0.15, 0.2) is 0 Å². The van der Waals surface area contributed by atoms with Gasteiger partial charge in [0.2, 0.25) is 0 Å². The summed E-state index contributed by atoms with van der Waals surface area (Å²) in [6, 6.07) is 9.13. The fourth-order valence-corrected chi connectivity index (χ4v) is 3.43. The highest BCUT2D eigenvalue weighted by atomic mass is 16.6. The molecule has 4 fully saturated rings. The van der Waals surface area contributed by atoms with Crippen molar-refractivity contribution in [3.63, 3.8) is 0 Å². The lowest BCUT2D eigenvalue weighted by Crippen LogP contribution is -1.96. The van der Waals surface area contributed by atoms with Crippen molar-refractivity contribution in [3.05, 3.63) is 46.5 Å². The van der Waals surface area contributed by atoms with Crippen LogP contribution in [0.15, 0.2) is 24.3 Å². The van der Waals surface area contributed by atoms with Gasteiger partial charge in [-0.05, 0) is 57.3 Å². The molecule has 0 spiro atoms. The Morgan fingerprint density at radius 2 is 1.14 bits per heavy atom. The molecule has 0 aromatic heterocycles. The molecule has 4 saturated heterocycles. The lowest BCUT2D eigenvalue weighted by molar-refractivity contribution is 0.399. The number of benzene rings is 2. The van der Waals surface area contributed by atoms with Gasteiger partial charge in [-0.25, -0.2) is 0 Å². The van der Waals surface area contributed by atoms with E-state index < -0.39 is 0 Å². The minimum absolute atomic E-state index is 0.247. The number of rotatable bonds is 4. The summed E-state index contributed by atoms with van der Waals surface area (Å²) >= 11 is 0. The van der Waals surface area contributed by atoms with Crippen molar-refractivity contribution in [2.24, 2.45) is 0 Å². The maximum atomic E-state index is 5.57. The largest absolute Gasteiger partial charge is 0.368 e. The Morgan fingerprint density at radius 1 is 0.591 bits per heavy atom. The molecule has 0 amide bonds. The van der Waals surface area contributed by atoms with Gasteiger partial charge in [0.1, 0.15) is 24.4 Å². The van der Waals surface area contributed by atoms with E-state index in [1.807, 2.05) is 0 Å². The summed E-state index contributed by atoms with van der Waals surface area (Å²) in [6.45, 7) is 3.32. The van der Waals surface area contributed by atoms with Crippen molar-refractivity contribution in [1.82, 2.24) is 0 Å². The third kappa shape index (κ3) is 1.92. The fourth-order valence-electron chi connectivity index (χ4n) is 3.43. The second kappa shape index (κ2) is 4.09. The highest BCUT2D eigenvalue weighted by Gasteiger charge is 2.36. The van der Waals surface area contributed by atoms with Gasteiger partial charge in [-0.3, -0.25) is 0 Å². The SMILES string of the molecule is c1c(C2CO2)cc2cc(C3CO3)c(C3CO3)cc2c1C1CO1. The lowest BCUT2D eigenvalue weighted by Gasteiger charge is -2.12.